The van der Waals surface area contributed by atoms with E-state index in [2.05, 4.69) is 33.2 Å². The monoisotopic (exact) mass is 346 g/mol. The lowest BCUT2D eigenvalue weighted by Crippen LogP contribution is -2.22. The van der Waals surface area contributed by atoms with Crippen LogP contribution in [0.1, 0.15) is 19.4 Å². The Kier molecular flexibility index (Phi) is 5.40. The topological polar surface area (TPSA) is 58.2 Å². The van der Waals surface area contributed by atoms with Crippen LogP contribution in [0.15, 0.2) is 18.2 Å². The molecule has 0 aliphatic rings. The number of hydrogen-bond donors (Lipinski definition) is 2. The van der Waals surface area contributed by atoms with Crippen LogP contribution in [0.5, 0.6) is 0 Å². The van der Waals surface area contributed by atoms with Gasteiger partial charge in [0.1, 0.15) is 0 Å². The molecule has 1 aromatic rings. The van der Waals surface area contributed by atoms with Crippen LogP contribution in [0.2, 0.25) is 0 Å². The molecule has 0 unspecified atom stereocenters. The molecule has 2 amide bonds. The highest BCUT2D eigenvalue weighted by Crippen LogP contribution is 2.19. The Hall–Kier alpha value is -1.11. The van der Waals surface area contributed by atoms with E-state index in [1.807, 2.05) is 18.2 Å². The van der Waals surface area contributed by atoms with Crippen molar-refractivity contribution >= 4 is 40.1 Å². The van der Waals surface area contributed by atoms with Crippen LogP contribution in [-0.2, 0) is 16.0 Å². The predicted molar refractivity (Wildman–Crippen MR) is 75.9 cm³/mol. The summed E-state index contributed by atoms with van der Waals surface area (Å²) in [5, 5.41) is 5.51. The van der Waals surface area contributed by atoms with Gasteiger partial charge in [-0.05, 0) is 46.7 Å². The zero-order valence-corrected chi connectivity index (χ0v) is 12.0. The Morgan fingerprint density at radius 3 is 2.47 bits per heavy atom. The molecule has 0 heterocycles. The number of anilines is 1. The molecule has 0 bridgehead atoms. The van der Waals surface area contributed by atoms with Crippen molar-refractivity contribution in [2.24, 2.45) is 0 Å². The second-order valence-corrected chi connectivity index (χ2v) is 4.89. The predicted octanol–water partition coefficient (Wildman–Crippen LogP) is 1.93. The van der Waals surface area contributed by atoms with Crippen molar-refractivity contribution in [3.63, 3.8) is 0 Å². The van der Waals surface area contributed by atoms with Gasteiger partial charge in [0.25, 0.3) is 0 Å². The number of hydrogen-bond acceptors (Lipinski definition) is 2. The molecule has 0 aromatic heterocycles. The van der Waals surface area contributed by atoms with Crippen molar-refractivity contribution in [3.8, 4) is 0 Å². The maximum atomic E-state index is 10.9. The number of benzene rings is 1. The highest BCUT2D eigenvalue weighted by atomic mass is 127. The fourth-order valence-corrected chi connectivity index (χ4v) is 2.10. The van der Waals surface area contributed by atoms with Crippen LogP contribution in [0.3, 0.4) is 0 Å². The average Bonchev–Trinajstić information content (AvgIpc) is 2.21. The standard InChI is InChI=1S/C12H15IN2O2/c1-8(16)14-6-5-10-3-4-12(11(13)7-10)15-9(2)17/h3-4,7H,5-6H2,1-2H3,(H,14,16)(H,15,17). The van der Waals surface area contributed by atoms with E-state index in [9.17, 15) is 9.59 Å². The van der Waals surface area contributed by atoms with Gasteiger partial charge in [-0.15, -0.1) is 0 Å². The minimum absolute atomic E-state index is 0.0189. The number of carbonyl (C=O) groups is 2. The van der Waals surface area contributed by atoms with E-state index in [0.29, 0.717) is 6.54 Å². The first-order valence-electron chi connectivity index (χ1n) is 5.29. The third kappa shape index (κ3) is 5.16. The molecule has 92 valence electrons. The van der Waals surface area contributed by atoms with E-state index in [-0.39, 0.29) is 11.8 Å². The number of halogens is 1. The van der Waals surface area contributed by atoms with Crippen LogP contribution in [0.4, 0.5) is 5.69 Å². The zero-order chi connectivity index (χ0) is 12.8. The van der Waals surface area contributed by atoms with Crippen molar-refractivity contribution in [2.45, 2.75) is 20.3 Å². The smallest absolute Gasteiger partial charge is 0.221 e. The molecule has 0 aliphatic carbocycles. The molecule has 0 fully saturated rings. The Labute approximate surface area is 114 Å². The minimum atomic E-state index is -0.0751. The summed E-state index contributed by atoms with van der Waals surface area (Å²) < 4.78 is 0.998. The van der Waals surface area contributed by atoms with Gasteiger partial charge in [0, 0.05) is 24.0 Å². The van der Waals surface area contributed by atoms with Crippen LogP contribution < -0.4 is 10.6 Å². The normalized spacial score (nSPS) is 9.82. The van der Waals surface area contributed by atoms with E-state index >= 15 is 0 Å². The molecule has 4 nitrogen and oxygen atoms in total. The molecule has 1 rings (SSSR count). The maximum absolute atomic E-state index is 10.9. The molecule has 0 radical (unpaired) electrons. The summed E-state index contributed by atoms with van der Waals surface area (Å²) in [5.41, 5.74) is 1.96. The molecule has 0 saturated heterocycles. The van der Waals surface area contributed by atoms with Gasteiger partial charge >= 0.3 is 0 Å². The highest BCUT2D eigenvalue weighted by molar-refractivity contribution is 14.1. The first-order chi connectivity index (χ1) is 7.99. The second-order valence-electron chi connectivity index (χ2n) is 3.73. The van der Waals surface area contributed by atoms with Crippen molar-refractivity contribution < 1.29 is 9.59 Å². The molecule has 0 aliphatic heterocycles. The first-order valence-corrected chi connectivity index (χ1v) is 6.37. The SMILES string of the molecule is CC(=O)NCCc1ccc(NC(C)=O)c(I)c1. The Balaban J connectivity index is 2.62. The number of carbonyl (C=O) groups excluding carboxylic acids is 2. The fraction of sp³-hybridized carbons (Fsp3) is 0.333. The first kappa shape index (κ1) is 14.0. The van der Waals surface area contributed by atoms with Gasteiger partial charge in [0.05, 0.1) is 5.69 Å². The largest absolute Gasteiger partial charge is 0.356 e. The number of rotatable bonds is 4. The summed E-state index contributed by atoms with van der Waals surface area (Å²) >= 11 is 2.18. The second kappa shape index (κ2) is 6.58. The molecule has 1 aromatic carbocycles. The lowest BCUT2D eigenvalue weighted by atomic mass is 10.1. The molecule has 0 spiro atoms. The van der Waals surface area contributed by atoms with Crippen molar-refractivity contribution in [1.82, 2.24) is 5.32 Å². The highest BCUT2D eigenvalue weighted by Gasteiger charge is 2.03. The van der Waals surface area contributed by atoms with E-state index in [1.165, 1.54) is 13.8 Å². The number of nitrogens with one attached hydrogen (secondary N) is 2. The summed E-state index contributed by atoms with van der Waals surface area (Å²) in [6.45, 7) is 3.62. The third-order valence-electron chi connectivity index (χ3n) is 2.13. The molecular formula is C12H15IN2O2. The van der Waals surface area contributed by atoms with Crippen LogP contribution in [0, 0.1) is 3.57 Å². The van der Waals surface area contributed by atoms with Gasteiger partial charge in [0.15, 0.2) is 0 Å². The van der Waals surface area contributed by atoms with E-state index in [4.69, 9.17) is 0 Å². The van der Waals surface area contributed by atoms with Crippen LogP contribution in [0.25, 0.3) is 0 Å². The quantitative estimate of drug-likeness (QED) is 0.819. The summed E-state index contributed by atoms with van der Waals surface area (Å²) in [7, 11) is 0. The minimum Gasteiger partial charge on any atom is -0.356 e. The van der Waals surface area contributed by atoms with Crippen molar-refractivity contribution in [2.75, 3.05) is 11.9 Å². The summed E-state index contributed by atoms with van der Waals surface area (Å²) in [4.78, 5) is 21.7. The van der Waals surface area contributed by atoms with Gasteiger partial charge in [0.2, 0.25) is 11.8 Å². The maximum Gasteiger partial charge on any atom is 0.221 e. The Bertz CT molecular complexity index is 433. The van der Waals surface area contributed by atoms with Gasteiger partial charge in [-0.2, -0.15) is 0 Å². The average molecular weight is 346 g/mol. The third-order valence-corrected chi connectivity index (χ3v) is 3.02. The Morgan fingerprint density at radius 2 is 1.94 bits per heavy atom. The molecule has 5 heteroatoms. The van der Waals surface area contributed by atoms with Gasteiger partial charge in [-0.1, -0.05) is 6.07 Å². The summed E-state index contributed by atoms with van der Waals surface area (Å²) in [6, 6.07) is 5.84. The van der Waals surface area contributed by atoms with Crippen molar-refractivity contribution in [3.05, 3.63) is 27.3 Å². The molecule has 0 saturated carbocycles. The lowest BCUT2D eigenvalue weighted by Gasteiger charge is -2.08. The molecule has 0 atom stereocenters. The van der Waals surface area contributed by atoms with E-state index in [0.717, 1.165) is 21.2 Å². The van der Waals surface area contributed by atoms with E-state index < -0.39 is 0 Å². The van der Waals surface area contributed by atoms with Gasteiger partial charge in [-0.3, -0.25) is 9.59 Å². The number of amides is 2. The molecule has 2 N–H and O–H groups in total. The molecular weight excluding hydrogens is 331 g/mol. The van der Waals surface area contributed by atoms with E-state index in [1.54, 1.807) is 0 Å². The lowest BCUT2D eigenvalue weighted by molar-refractivity contribution is -0.119. The van der Waals surface area contributed by atoms with Crippen LogP contribution >= 0.6 is 22.6 Å². The van der Waals surface area contributed by atoms with Crippen molar-refractivity contribution in [1.29, 1.82) is 0 Å². The Morgan fingerprint density at radius 1 is 1.24 bits per heavy atom. The zero-order valence-electron chi connectivity index (χ0n) is 9.84. The summed E-state index contributed by atoms with van der Waals surface area (Å²) in [5.74, 6) is -0.0940. The van der Waals surface area contributed by atoms with Gasteiger partial charge in [-0.25, -0.2) is 0 Å². The fourth-order valence-electron chi connectivity index (χ4n) is 1.39. The molecule has 17 heavy (non-hydrogen) atoms. The van der Waals surface area contributed by atoms with Crippen LogP contribution in [-0.4, -0.2) is 18.4 Å². The van der Waals surface area contributed by atoms with Gasteiger partial charge < -0.3 is 10.6 Å². The summed E-state index contributed by atoms with van der Waals surface area (Å²) in [6.07, 6.45) is 0.788.